The van der Waals surface area contributed by atoms with Crippen LogP contribution in [0.4, 0.5) is 0 Å². The van der Waals surface area contributed by atoms with Crippen LogP contribution < -0.4 is 24.4 Å². The van der Waals surface area contributed by atoms with Crippen LogP contribution in [-0.4, -0.2) is 44.4 Å². The normalized spacial score (nSPS) is 11.0. The number of nitrogens with zero attached hydrogens (tertiary/aromatic N) is 1. The minimum Gasteiger partial charge on any atom is -0.493 e. The Morgan fingerprint density at radius 1 is 0.864 bits per heavy atom. The molecule has 0 bridgehead atoms. The second kappa shape index (κ2) is 12.9. The number of para-hydroxylation sites is 1. The fourth-order valence-corrected chi connectivity index (χ4v) is 5.25. The number of methoxy groups -OCH3 is 3. The number of fused-ring (bicyclic) bond motifs is 1. The van der Waals surface area contributed by atoms with Crippen molar-refractivity contribution in [3.05, 3.63) is 106 Å². The highest BCUT2D eigenvalue weighted by Crippen LogP contribution is 2.39. The molecule has 5 aromatic rings. The smallest absolute Gasteiger partial charge is 0.343 e. The van der Waals surface area contributed by atoms with Crippen LogP contribution in [0.5, 0.6) is 23.0 Å². The second-order valence-corrected chi connectivity index (χ2v) is 10.3. The summed E-state index contributed by atoms with van der Waals surface area (Å²) in [7, 11) is 4.40. The van der Waals surface area contributed by atoms with Gasteiger partial charge < -0.3 is 23.9 Å². The highest BCUT2D eigenvalue weighted by molar-refractivity contribution is 6.34. The second-order valence-electron chi connectivity index (χ2n) is 9.90. The topological polar surface area (TPSA) is 111 Å². The van der Waals surface area contributed by atoms with E-state index in [-0.39, 0.29) is 11.3 Å². The lowest BCUT2D eigenvalue weighted by Crippen LogP contribution is -2.19. The summed E-state index contributed by atoms with van der Waals surface area (Å²) in [6, 6.07) is 21.3. The molecule has 0 aliphatic heterocycles. The molecule has 0 saturated carbocycles. The zero-order valence-electron chi connectivity index (χ0n) is 24.8. The Labute approximate surface area is 259 Å². The minimum atomic E-state index is -0.651. The highest BCUT2D eigenvalue weighted by atomic mass is 35.5. The molecule has 0 aliphatic carbocycles. The molecule has 44 heavy (non-hydrogen) atoms. The summed E-state index contributed by atoms with van der Waals surface area (Å²) in [6.45, 7) is 3.99. The Morgan fingerprint density at radius 2 is 1.55 bits per heavy atom. The number of aromatic amines is 1. The van der Waals surface area contributed by atoms with E-state index in [0.717, 1.165) is 27.6 Å². The van der Waals surface area contributed by atoms with Crippen molar-refractivity contribution in [1.82, 2.24) is 10.4 Å². The maximum Gasteiger partial charge on any atom is 0.343 e. The lowest BCUT2D eigenvalue weighted by Gasteiger charge is -2.14. The standard InChI is InChI=1S/C34H30ClN3O6/c1-19-14-20(2)30-24(15-19)29(23-11-7-8-12-25(23)35)31(37-30)33(39)38-36-18-21-10-6-9-13-26(21)44-34(40)22-16-27(41-3)32(43-5)28(17-22)42-4/h6-18,37H,1-5H3,(H,38,39). The summed E-state index contributed by atoms with van der Waals surface area (Å²) in [4.78, 5) is 29.9. The first kappa shape index (κ1) is 30.2. The first-order valence-corrected chi connectivity index (χ1v) is 14.0. The molecule has 0 atom stereocenters. The van der Waals surface area contributed by atoms with Crippen LogP contribution in [0.1, 0.15) is 37.5 Å². The number of esters is 1. The molecule has 9 nitrogen and oxygen atoms in total. The summed E-state index contributed by atoms with van der Waals surface area (Å²) in [5.74, 6) is 0.105. The molecule has 0 aliphatic rings. The van der Waals surface area contributed by atoms with Crippen LogP contribution in [0.15, 0.2) is 77.9 Å². The van der Waals surface area contributed by atoms with Gasteiger partial charge in [0.05, 0.1) is 33.1 Å². The van der Waals surface area contributed by atoms with Crippen LogP contribution in [-0.2, 0) is 0 Å². The molecule has 1 amide bonds. The maximum absolute atomic E-state index is 13.5. The quantitative estimate of drug-likeness (QED) is 0.0795. The summed E-state index contributed by atoms with van der Waals surface area (Å²) in [6.07, 6.45) is 1.41. The van der Waals surface area contributed by atoms with Gasteiger partial charge in [-0.05, 0) is 55.8 Å². The molecular formula is C34H30ClN3O6. The molecule has 0 fully saturated rings. The summed E-state index contributed by atoms with van der Waals surface area (Å²) >= 11 is 6.57. The van der Waals surface area contributed by atoms with Crippen molar-refractivity contribution in [2.75, 3.05) is 21.3 Å². The monoisotopic (exact) mass is 611 g/mol. The number of benzene rings is 4. The van der Waals surface area contributed by atoms with E-state index in [0.29, 0.717) is 39.1 Å². The Balaban J connectivity index is 1.42. The summed E-state index contributed by atoms with van der Waals surface area (Å²) in [5, 5.41) is 5.58. The molecule has 2 N–H and O–H groups in total. The van der Waals surface area contributed by atoms with Gasteiger partial charge in [-0.15, -0.1) is 0 Å². The molecule has 0 spiro atoms. The molecule has 5 rings (SSSR count). The SMILES string of the molecule is COc1cc(C(=O)Oc2ccccc2C=NNC(=O)c2[nH]c3c(C)cc(C)cc3c2-c2ccccc2Cl)cc(OC)c1OC. The third kappa shape index (κ3) is 5.95. The lowest BCUT2D eigenvalue weighted by atomic mass is 9.99. The largest absolute Gasteiger partial charge is 0.493 e. The number of aryl methyl sites for hydroxylation is 2. The van der Waals surface area contributed by atoms with Gasteiger partial charge in [0.2, 0.25) is 5.75 Å². The van der Waals surface area contributed by atoms with Gasteiger partial charge in [-0.3, -0.25) is 4.79 Å². The highest BCUT2D eigenvalue weighted by Gasteiger charge is 2.22. The Bertz CT molecular complexity index is 1890. The van der Waals surface area contributed by atoms with Crippen molar-refractivity contribution in [2.24, 2.45) is 5.10 Å². The number of H-pyrrole nitrogens is 1. The molecule has 10 heteroatoms. The molecule has 224 valence electrons. The third-order valence-corrected chi connectivity index (χ3v) is 7.34. The van der Waals surface area contributed by atoms with Gasteiger partial charge in [-0.1, -0.05) is 53.6 Å². The van der Waals surface area contributed by atoms with Crippen LogP contribution in [0, 0.1) is 13.8 Å². The van der Waals surface area contributed by atoms with E-state index >= 15 is 0 Å². The lowest BCUT2D eigenvalue weighted by molar-refractivity contribution is 0.0733. The fourth-order valence-electron chi connectivity index (χ4n) is 5.02. The number of nitrogens with one attached hydrogen (secondary N) is 2. The molecule has 0 unspecified atom stereocenters. The van der Waals surface area contributed by atoms with Crippen molar-refractivity contribution in [2.45, 2.75) is 13.8 Å². The average Bonchev–Trinajstić information content (AvgIpc) is 3.40. The van der Waals surface area contributed by atoms with Gasteiger partial charge in [-0.25, -0.2) is 10.2 Å². The average molecular weight is 612 g/mol. The number of ether oxygens (including phenoxy) is 4. The van der Waals surface area contributed by atoms with Gasteiger partial charge >= 0.3 is 5.97 Å². The van der Waals surface area contributed by atoms with E-state index in [1.165, 1.54) is 39.7 Å². The maximum atomic E-state index is 13.5. The number of aromatic nitrogens is 1. The molecule has 0 saturated heterocycles. The van der Waals surface area contributed by atoms with E-state index < -0.39 is 11.9 Å². The van der Waals surface area contributed by atoms with E-state index in [2.05, 4.69) is 15.5 Å². The van der Waals surface area contributed by atoms with Crippen molar-refractivity contribution in [3.63, 3.8) is 0 Å². The molecule has 0 radical (unpaired) electrons. The van der Waals surface area contributed by atoms with E-state index in [1.54, 1.807) is 30.3 Å². The molecule has 1 heterocycles. The number of carbonyl (C=O) groups excluding carboxylic acids is 2. The zero-order valence-corrected chi connectivity index (χ0v) is 25.5. The predicted molar refractivity (Wildman–Crippen MR) is 171 cm³/mol. The van der Waals surface area contributed by atoms with Gasteiger partial charge in [0.15, 0.2) is 11.5 Å². The molecule has 1 aromatic heterocycles. The number of halogens is 1. The van der Waals surface area contributed by atoms with E-state index in [4.69, 9.17) is 30.5 Å². The van der Waals surface area contributed by atoms with Gasteiger partial charge in [-0.2, -0.15) is 5.10 Å². The van der Waals surface area contributed by atoms with Crippen molar-refractivity contribution >= 4 is 40.6 Å². The first-order chi connectivity index (χ1) is 21.2. The predicted octanol–water partition coefficient (Wildman–Crippen LogP) is 7.11. The number of hydrazone groups is 1. The van der Waals surface area contributed by atoms with Gasteiger partial charge in [0.1, 0.15) is 11.4 Å². The van der Waals surface area contributed by atoms with E-state index in [9.17, 15) is 9.59 Å². The number of hydrogen-bond donors (Lipinski definition) is 2. The van der Waals surface area contributed by atoms with Crippen molar-refractivity contribution < 1.29 is 28.5 Å². The summed E-state index contributed by atoms with van der Waals surface area (Å²) in [5.41, 5.74) is 7.87. The van der Waals surface area contributed by atoms with Crippen molar-refractivity contribution in [3.8, 4) is 34.1 Å². The molecular weight excluding hydrogens is 582 g/mol. The van der Waals surface area contributed by atoms with Crippen LogP contribution in [0.2, 0.25) is 5.02 Å². The first-order valence-electron chi connectivity index (χ1n) is 13.6. The van der Waals surface area contributed by atoms with Crippen molar-refractivity contribution in [1.29, 1.82) is 0 Å². The van der Waals surface area contributed by atoms with Crippen LogP contribution >= 0.6 is 11.6 Å². The van der Waals surface area contributed by atoms with Gasteiger partial charge in [0.25, 0.3) is 5.91 Å². The van der Waals surface area contributed by atoms with Gasteiger partial charge in [0, 0.05) is 32.6 Å². The Kier molecular flexibility index (Phi) is 8.87. The Hall–Kier alpha value is -5.28. The zero-order chi connectivity index (χ0) is 31.4. The number of rotatable bonds is 9. The number of carbonyl (C=O) groups is 2. The number of amides is 1. The van der Waals surface area contributed by atoms with Crippen LogP contribution in [0.25, 0.3) is 22.0 Å². The summed E-state index contributed by atoms with van der Waals surface area (Å²) < 4.78 is 21.7. The number of hydrogen-bond acceptors (Lipinski definition) is 7. The van der Waals surface area contributed by atoms with E-state index in [1.807, 2.05) is 44.2 Å². The minimum absolute atomic E-state index is 0.191. The molecule has 4 aromatic carbocycles. The third-order valence-electron chi connectivity index (χ3n) is 7.01. The Morgan fingerprint density at radius 3 is 2.23 bits per heavy atom. The fraction of sp³-hybridized carbons (Fsp3) is 0.147. The van der Waals surface area contributed by atoms with Crippen LogP contribution in [0.3, 0.4) is 0 Å².